The fourth-order valence-corrected chi connectivity index (χ4v) is 7.07. The average Bonchev–Trinajstić information content (AvgIpc) is 3.72. The number of thiophene rings is 1. The highest BCUT2D eigenvalue weighted by Crippen LogP contribution is 2.38. The van der Waals surface area contributed by atoms with E-state index in [1.54, 1.807) is 23.9 Å². The molecular weight excluding hydrogens is 536 g/mol. The molecule has 7 rings (SSSR count). The van der Waals surface area contributed by atoms with Gasteiger partial charge in [-0.3, -0.25) is 4.90 Å². The summed E-state index contributed by atoms with van der Waals surface area (Å²) >= 11 is 1.69. The Labute approximate surface area is 244 Å². The van der Waals surface area contributed by atoms with E-state index in [-0.39, 0.29) is 19.0 Å². The van der Waals surface area contributed by atoms with Crippen LogP contribution in [0.3, 0.4) is 0 Å². The summed E-state index contributed by atoms with van der Waals surface area (Å²) in [5, 5.41) is 3.38. The first-order valence-electron chi connectivity index (χ1n) is 14.4. The molecule has 0 aliphatic carbocycles. The van der Waals surface area contributed by atoms with E-state index in [1.807, 2.05) is 6.07 Å². The van der Waals surface area contributed by atoms with Crippen molar-refractivity contribution in [2.24, 2.45) is 0 Å². The Kier molecular flexibility index (Phi) is 7.72. The standard InChI is InChI=1S/C32H34N4O4S/c1-3-7-23(8-4-1)17-27(40-29-19-37-22-39-29)28-18-36(15-16-38-28)25-11-13-35(14-12-25)31-30-26(24-9-5-2-6-10-24)20-41-32(30)34-21-33-31/h1-10,19-21,25,27-28H,11-18,22H2. The average molecular weight is 571 g/mol. The summed E-state index contributed by atoms with van der Waals surface area (Å²) < 4.78 is 23.3. The highest BCUT2D eigenvalue weighted by atomic mass is 32.1. The summed E-state index contributed by atoms with van der Waals surface area (Å²) in [7, 11) is 0. The number of hydrogen-bond donors (Lipinski definition) is 0. The van der Waals surface area contributed by atoms with Crippen LogP contribution in [0.5, 0.6) is 0 Å². The Morgan fingerprint density at radius 3 is 2.56 bits per heavy atom. The Balaban J connectivity index is 1.04. The van der Waals surface area contributed by atoms with Gasteiger partial charge in [-0.25, -0.2) is 9.97 Å². The van der Waals surface area contributed by atoms with Gasteiger partial charge in [0.2, 0.25) is 6.79 Å². The molecule has 3 aliphatic rings. The molecule has 3 aliphatic heterocycles. The van der Waals surface area contributed by atoms with Gasteiger partial charge in [-0.15, -0.1) is 11.3 Å². The molecule has 0 bridgehead atoms. The van der Waals surface area contributed by atoms with E-state index < -0.39 is 0 Å². The maximum Gasteiger partial charge on any atom is 0.319 e. The number of ether oxygens (including phenoxy) is 4. The number of hydrogen-bond acceptors (Lipinski definition) is 9. The predicted molar refractivity (Wildman–Crippen MR) is 160 cm³/mol. The predicted octanol–water partition coefficient (Wildman–Crippen LogP) is 5.46. The van der Waals surface area contributed by atoms with E-state index in [0.29, 0.717) is 18.6 Å². The molecule has 0 N–H and O–H groups in total. The second-order valence-electron chi connectivity index (χ2n) is 10.7. The number of rotatable bonds is 8. The van der Waals surface area contributed by atoms with E-state index in [4.69, 9.17) is 23.9 Å². The molecule has 2 aromatic heterocycles. The van der Waals surface area contributed by atoms with Crippen LogP contribution in [0, 0.1) is 0 Å². The minimum absolute atomic E-state index is 0.0622. The van der Waals surface area contributed by atoms with Crippen molar-refractivity contribution in [3.8, 4) is 11.1 Å². The van der Waals surface area contributed by atoms with Crippen LogP contribution < -0.4 is 4.90 Å². The normalized spacial score (nSPS) is 20.8. The van der Waals surface area contributed by atoms with Gasteiger partial charge in [0.15, 0.2) is 6.26 Å². The van der Waals surface area contributed by atoms with Gasteiger partial charge in [0, 0.05) is 49.6 Å². The van der Waals surface area contributed by atoms with Crippen LogP contribution in [0.2, 0.25) is 0 Å². The van der Waals surface area contributed by atoms with Gasteiger partial charge in [0.05, 0.1) is 12.0 Å². The molecule has 0 saturated carbocycles. The largest absolute Gasteiger partial charge is 0.458 e. The van der Waals surface area contributed by atoms with Crippen molar-refractivity contribution < 1.29 is 18.9 Å². The smallest absolute Gasteiger partial charge is 0.319 e. The molecular formula is C32H34N4O4S. The highest BCUT2D eigenvalue weighted by molar-refractivity contribution is 7.17. The molecule has 4 aromatic rings. The number of benzene rings is 2. The van der Waals surface area contributed by atoms with Crippen molar-refractivity contribution in [3.63, 3.8) is 0 Å². The molecule has 9 heteroatoms. The summed E-state index contributed by atoms with van der Waals surface area (Å²) in [6.45, 7) is 4.58. The SMILES string of the molecule is C1=C(OC(Cc2ccccc2)C2CN(C3CCN(c4ncnc5scc(-c6ccccc6)c45)CC3)CCO2)OCO1. The number of aromatic nitrogens is 2. The molecule has 2 aromatic carbocycles. The van der Waals surface area contributed by atoms with Crippen LogP contribution in [-0.2, 0) is 25.4 Å². The number of morpholine rings is 1. The molecule has 0 spiro atoms. The lowest BCUT2D eigenvalue weighted by atomic mass is 9.98. The zero-order chi connectivity index (χ0) is 27.4. The summed E-state index contributed by atoms with van der Waals surface area (Å²) in [5.74, 6) is 1.48. The van der Waals surface area contributed by atoms with Gasteiger partial charge in [0.1, 0.15) is 29.2 Å². The number of anilines is 1. The van der Waals surface area contributed by atoms with E-state index in [9.17, 15) is 0 Å². The second kappa shape index (κ2) is 12.1. The van der Waals surface area contributed by atoms with Crippen LogP contribution in [0.15, 0.2) is 84.6 Å². The van der Waals surface area contributed by atoms with Gasteiger partial charge in [-0.1, -0.05) is 60.7 Å². The number of piperidine rings is 1. The first-order chi connectivity index (χ1) is 20.3. The van der Waals surface area contributed by atoms with Crippen LogP contribution in [-0.4, -0.2) is 72.7 Å². The van der Waals surface area contributed by atoms with Crippen molar-refractivity contribution in [1.82, 2.24) is 14.9 Å². The lowest BCUT2D eigenvalue weighted by molar-refractivity contribution is -0.125. The summed E-state index contributed by atoms with van der Waals surface area (Å²) in [4.78, 5) is 15.5. The molecule has 2 saturated heterocycles. The van der Waals surface area contributed by atoms with Gasteiger partial charge in [-0.05, 0) is 24.0 Å². The summed E-state index contributed by atoms with van der Waals surface area (Å²) in [6.07, 6.45) is 5.93. The van der Waals surface area contributed by atoms with Gasteiger partial charge < -0.3 is 23.8 Å². The minimum Gasteiger partial charge on any atom is -0.458 e. The minimum atomic E-state index is -0.169. The zero-order valence-electron chi connectivity index (χ0n) is 22.9. The molecule has 2 fully saturated rings. The fraction of sp³-hybridized carbons (Fsp3) is 0.375. The summed E-state index contributed by atoms with van der Waals surface area (Å²) in [6, 6.07) is 21.5. The van der Waals surface area contributed by atoms with E-state index in [1.165, 1.54) is 22.1 Å². The first-order valence-corrected chi connectivity index (χ1v) is 15.2. The third-order valence-electron chi connectivity index (χ3n) is 8.25. The molecule has 41 heavy (non-hydrogen) atoms. The van der Waals surface area contributed by atoms with Crippen molar-refractivity contribution in [2.75, 3.05) is 44.5 Å². The van der Waals surface area contributed by atoms with Crippen LogP contribution >= 0.6 is 11.3 Å². The van der Waals surface area contributed by atoms with Crippen molar-refractivity contribution in [2.45, 2.75) is 37.5 Å². The first kappa shape index (κ1) is 26.3. The quantitative estimate of drug-likeness (QED) is 0.277. The molecule has 2 atom stereocenters. The highest BCUT2D eigenvalue weighted by Gasteiger charge is 2.35. The van der Waals surface area contributed by atoms with E-state index in [2.05, 4.69) is 74.8 Å². The van der Waals surface area contributed by atoms with E-state index >= 15 is 0 Å². The van der Waals surface area contributed by atoms with Crippen LogP contribution in [0.1, 0.15) is 18.4 Å². The Bertz CT molecular complexity index is 1470. The monoisotopic (exact) mass is 570 g/mol. The Hall–Kier alpha value is -3.66. The Morgan fingerprint density at radius 2 is 1.78 bits per heavy atom. The Morgan fingerprint density at radius 1 is 0.976 bits per heavy atom. The van der Waals surface area contributed by atoms with Gasteiger partial charge >= 0.3 is 5.95 Å². The maximum absolute atomic E-state index is 6.31. The second-order valence-corrected chi connectivity index (χ2v) is 11.6. The lowest BCUT2D eigenvalue weighted by Gasteiger charge is -2.44. The molecule has 212 valence electrons. The van der Waals surface area contributed by atoms with Crippen LogP contribution in [0.4, 0.5) is 5.82 Å². The van der Waals surface area contributed by atoms with Crippen molar-refractivity contribution in [1.29, 1.82) is 0 Å². The molecule has 2 unspecified atom stereocenters. The number of fused-ring (bicyclic) bond motifs is 1. The third kappa shape index (κ3) is 5.75. The van der Waals surface area contributed by atoms with Crippen molar-refractivity contribution >= 4 is 27.4 Å². The van der Waals surface area contributed by atoms with Gasteiger partial charge in [-0.2, -0.15) is 0 Å². The fourth-order valence-electron chi connectivity index (χ4n) is 6.16. The molecule has 0 radical (unpaired) electrons. The maximum atomic E-state index is 6.31. The van der Waals surface area contributed by atoms with Crippen LogP contribution in [0.25, 0.3) is 21.3 Å². The van der Waals surface area contributed by atoms with Crippen molar-refractivity contribution in [3.05, 3.63) is 90.1 Å². The lowest BCUT2D eigenvalue weighted by Crippen LogP contribution is -2.54. The molecule has 8 nitrogen and oxygen atoms in total. The zero-order valence-corrected chi connectivity index (χ0v) is 23.7. The summed E-state index contributed by atoms with van der Waals surface area (Å²) in [5.41, 5.74) is 3.64. The van der Waals surface area contributed by atoms with E-state index in [0.717, 1.165) is 56.1 Å². The topological polar surface area (TPSA) is 69.2 Å². The molecule has 5 heterocycles. The van der Waals surface area contributed by atoms with Gasteiger partial charge in [0.25, 0.3) is 0 Å². The third-order valence-corrected chi connectivity index (χ3v) is 9.14. The number of nitrogens with zero attached hydrogens (tertiary/aromatic N) is 4. The molecule has 0 amide bonds.